The lowest BCUT2D eigenvalue weighted by Gasteiger charge is -2.07. The van der Waals surface area contributed by atoms with E-state index in [1.165, 1.54) is 0 Å². The number of benzene rings is 2. The molecule has 0 spiro atoms. The van der Waals surface area contributed by atoms with Crippen LogP contribution in [0.1, 0.15) is 10.5 Å². The number of hydrogen-bond acceptors (Lipinski definition) is 3. The van der Waals surface area contributed by atoms with Gasteiger partial charge in [-0.25, -0.2) is 9.78 Å². The molecule has 2 heterocycles. The molecule has 0 aliphatic heterocycles. The lowest BCUT2D eigenvalue weighted by Crippen LogP contribution is -2.01. The van der Waals surface area contributed by atoms with E-state index in [4.69, 9.17) is 4.74 Å². The van der Waals surface area contributed by atoms with Crippen molar-refractivity contribution < 1.29 is 14.6 Å². The number of rotatable bonds is 3. The van der Waals surface area contributed by atoms with E-state index in [1.54, 1.807) is 13.2 Å². The minimum Gasteiger partial charge on any atom is -0.497 e. The molecular formula is C19H14N2O3. The van der Waals surface area contributed by atoms with Crippen LogP contribution >= 0.6 is 0 Å². The third-order valence-corrected chi connectivity index (χ3v) is 4.06. The number of fused-ring (bicyclic) bond motifs is 3. The van der Waals surface area contributed by atoms with E-state index in [0.29, 0.717) is 11.4 Å². The summed E-state index contributed by atoms with van der Waals surface area (Å²) in [6.07, 6.45) is 0. The summed E-state index contributed by atoms with van der Waals surface area (Å²) < 4.78 is 5.27. The van der Waals surface area contributed by atoms with Gasteiger partial charge in [0.05, 0.1) is 18.3 Å². The van der Waals surface area contributed by atoms with Crippen LogP contribution in [0.4, 0.5) is 0 Å². The third kappa shape index (κ3) is 2.18. The van der Waals surface area contributed by atoms with E-state index in [2.05, 4.69) is 9.97 Å². The van der Waals surface area contributed by atoms with Crippen LogP contribution in [0.25, 0.3) is 33.1 Å². The number of aromatic nitrogens is 2. The van der Waals surface area contributed by atoms with E-state index in [1.807, 2.05) is 48.5 Å². The van der Waals surface area contributed by atoms with Gasteiger partial charge in [0.15, 0.2) is 0 Å². The Kier molecular flexibility index (Phi) is 3.20. The van der Waals surface area contributed by atoms with Crippen LogP contribution in [0.5, 0.6) is 5.75 Å². The van der Waals surface area contributed by atoms with E-state index < -0.39 is 5.97 Å². The summed E-state index contributed by atoms with van der Waals surface area (Å²) in [4.78, 5) is 19.2. The second-order valence-electron chi connectivity index (χ2n) is 5.49. The SMILES string of the molecule is COc1cccc(-c2nc(C(=O)O)cc3c2[nH]c2ccccc23)c1. The first kappa shape index (κ1) is 14.3. The van der Waals surface area contributed by atoms with E-state index in [9.17, 15) is 9.90 Å². The minimum absolute atomic E-state index is 0.0186. The number of nitrogens with zero attached hydrogens (tertiary/aromatic N) is 1. The van der Waals surface area contributed by atoms with Crippen LogP contribution in [0.15, 0.2) is 54.6 Å². The predicted molar refractivity (Wildman–Crippen MR) is 92.5 cm³/mol. The lowest BCUT2D eigenvalue weighted by molar-refractivity contribution is 0.0691. The van der Waals surface area contributed by atoms with Crippen molar-refractivity contribution >= 4 is 27.8 Å². The van der Waals surface area contributed by atoms with Crippen molar-refractivity contribution in [1.29, 1.82) is 0 Å². The van der Waals surface area contributed by atoms with Crippen LogP contribution < -0.4 is 4.74 Å². The first-order valence-corrected chi connectivity index (χ1v) is 7.46. The molecule has 2 N–H and O–H groups in total. The lowest BCUT2D eigenvalue weighted by atomic mass is 10.1. The van der Waals surface area contributed by atoms with Gasteiger partial charge < -0.3 is 14.8 Å². The summed E-state index contributed by atoms with van der Waals surface area (Å²) in [6, 6.07) is 16.8. The van der Waals surface area contributed by atoms with Crippen molar-refractivity contribution in [3.8, 4) is 17.0 Å². The molecule has 118 valence electrons. The Morgan fingerprint density at radius 2 is 1.92 bits per heavy atom. The van der Waals surface area contributed by atoms with Gasteiger partial charge in [-0.3, -0.25) is 0 Å². The summed E-state index contributed by atoms with van der Waals surface area (Å²) in [7, 11) is 1.60. The zero-order valence-corrected chi connectivity index (χ0v) is 12.9. The van der Waals surface area contributed by atoms with Crippen LogP contribution in [0, 0.1) is 0 Å². The van der Waals surface area contributed by atoms with Gasteiger partial charge in [0.2, 0.25) is 0 Å². The normalized spacial score (nSPS) is 11.0. The highest BCUT2D eigenvalue weighted by molar-refractivity contribution is 6.12. The number of para-hydroxylation sites is 1. The largest absolute Gasteiger partial charge is 0.497 e. The molecule has 0 atom stereocenters. The second kappa shape index (κ2) is 5.38. The average Bonchev–Trinajstić information content (AvgIpc) is 2.99. The van der Waals surface area contributed by atoms with Gasteiger partial charge in [-0.2, -0.15) is 0 Å². The molecule has 0 unspecified atom stereocenters. The number of ether oxygens (including phenoxy) is 1. The Labute approximate surface area is 137 Å². The zero-order valence-electron chi connectivity index (χ0n) is 12.9. The quantitative estimate of drug-likeness (QED) is 0.596. The first-order valence-electron chi connectivity index (χ1n) is 7.46. The second-order valence-corrected chi connectivity index (χ2v) is 5.49. The molecule has 2 aromatic heterocycles. The van der Waals surface area contributed by atoms with Crippen LogP contribution in [-0.4, -0.2) is 28.2 Å². The molecule has 5 heteroatoms. The van der Waals surface area contributed by atoms with Crippen molar-refractivity contribution in [2.75, 3.05) is 7.11 Å². The molecule has 4 rings (SSSR count). The first-order chi connectivity index (χ1) is 11.7. The average molecular weight is 318 g/mol. The molecule has 0 aliphatic carbocycles. The zero-order chi connectivity index (χ0) is 16.7. The molecular weight excluding hydrogens is 304 g/mol. The Morgan fingerprint density at radius 3 is 2.71 bits per heavy atom. The van der Waals surface area contributed by atoms with Crippen LogP contribution in [0.3, 0.4) is 0 Å². The number of carboxylic acids is 1. The molecule has 0 amide bonds. The van der Waals surface area contributed by atoms with E-state index in [0.717, 1.165) is 27.4 Å². The third-order valence-electron chi connectivity index (χ3n) is 4.06. The molecule has 5 nitrogen and oxygen atoms in total. The number of nitrogens with one attached hydrogen (secondary N) is 1. The van der Waals surface area contributed by atoms with Crippen molar-refractivity contribution in [2.24, 2.45) is 0 Å². The van der Waals surface area contributed by atoms with Crippen molar-refractivity contribution in [3.63, 3.8) is 0 Å². The smallest absolute Gasteiger partial charge is 0.354 e. The van der Waals surface area contributed by atoms with E-state index in [-0.39, 0.29) is 5.69 Å². The number of hydrogen-bond donors (Lipinski definition) is 2. The van der Waals surface area contributed by atoms with E-state index >= 15 is 0 Å². The maximum absolute atomic E-state index is 11.5. The van der Waals surface area contributed by atoms with Gasteiger partial charge >= 0.3 is 5.97 Å². The Bertz CT molecular complexity index is 1080. The maximum atomic E-state index is 11.5. The Hall–Kier alpha value is -3.34. The van der Waals surface area contributed by atoms with Crippen LogP contribution in [-0.2, 0) is 0 Å². The van der Waals surface area contributed by atoms with Gasteiger partial charge in [-0.15, -0.1) is 0 Å². The summed E-state index contributed by atoms with van der Waals surface area (Å²) in [6.45, 7) is 0. The summed E-state index contributed by atoms with van der Waals surface area (Å²) >= 11 is 0. The molecule has 0 radical (unpaired) electrons. The van der Waals surface area contributed by atoms with Gasteiger partial charge in [-0.05, 0) is 24.3 Å². The van der Waals surface area contributed by atoms with Crippen molar-refractivity contribution in [3.05, 3.63) is 60.3 Å². The fourth-order valence-corrected chi connectivity index (χ4v) is 2.93. The van der Waals surface area contributed by atoms with Crippen LogP contribution in [0.2, 0.25) is 0 Å². The highest BCUT2D eigenvalue weighted by Crippen LogP contribution is 2.33. The molecule has 0 aliphatic rings. The number of pyridine rings is 1. The van der Waals surface area contributed by atoms with Gasteiger partial charge in [0.25, 0.3) is 0 Å². The highest BCUT2D eigenvalue weighted by atomic mass is 16.5. The summed E-state index contributed by atoms with van der Waals surface area (Å²) in [5.41, 5.74) is 3.18. The summed E-state index contributed by atoms with van der Waals surface area (Å²) in [5.74, 6) is -0.356. The van der Waals surface area contributed by atoms with Gasteiger partial charge in [-0.1, -0.05) is 30.3 Å². The molecule has 0 saturated heterocycles. The number of H-pyrrole nitrogens is 1. The molecule has 4 aromatic rings. The molecule has 0 saturated carbocycles. The minimum atomic E-state index is -1.05. The molecule has 0 fully saturated rings. The van der Waals surface area contributed by atoms with Gasteiger partial charge in [0, 0.05) is 21.9 Å². The number of aromatic amines is 1. The fourth-order valence-electron chi connectivity index (χ4n) is 2.93. The number of aromatic carboxylic acids is 1. The summed E-state index contributed by atoms with van der Waals surface area (Å²) in [5, 5.41) is 11.2. The fraction of sp³-hybridized carbons (Fsp3) is 0.0526. The number of carbonyl (C=O) groups is 1. The molecule has 2 aromatic carbocycles. The van der Waals surface area contributed by atoms with Gasteiger partial charge in [0.1, 0.15) is 11.4 Å². The van der Waals surface area contributed by atoms with Crippen molar-refractivity contribution in [1.82, 2.24) is 9.97 Å². The molecule has 24 heavy (non-hydrogen) atoms. The Balaban J connectivity index is 2.10. The highest BCUT2D eigenvalue weighted by Gasteiger charge is 2.16. The topological polar surface area (TPSA) is 75.2 Å². The van der Waals surface area contributed by atoms with Crippen molar-refractivity contribution in [2.45, 2.75) is 0 Å². The maximum Gasteiger partial charge on any atom is 0.354 e. The number of methoxy groups -OCH3 is 1. The molecule has 0 bridgehead atoms. The predicted octanol–water partition coefficient (Wildman–Crippen LogP) is 4.09. The monoisotopic (exact) mass is 318 g/mol. The standard InChI is InChI=1S/C19H14N2O3/c1-24-12-6-4-5-11(9-12)17-18-14(10-16(21-17)19(22)23)13-7-2-3-8-15(13)20-18/h2-10,20H,1H3,(H,22,23). The number of carboxylic acid groups (broad SMARTS) is 1. The Morgan fingerprint density at radius 1 is 1.08 bits per heavy atom.